The number of benzene rings is 1. The summed E-state index contributed by atoms with van der Waals surface area (Å²) < 4.78 is 0. The lowest BCUT2D eigenvalue weighted by Crippen LogP contribution is -2.25. The number of carbonyl (C=O) groups is 1. The van der Waals surface area contributed by atoms with E-state index in [1.165, 1.54) is 16.9 Å². The molecule has 17 heavy (non-hydrogen) atoms. The van der Waals surface area contributed by atoms with E-state index in [0.717, 1.165) is 4.88 Å². The maximum atomic E-state index is 11.8. The van der Waals surface area contributed by atoms with E-state index in [0.29, 0.717) is 6.54 Å². The van der Waals surface area contributed by atoms with Crippen LogP contribution in [0.15, 0.2) is 47.8 Å². The molecule has 1 N–H and O–H groups in total. The van der Waals surface area contributed by atoms with Gasteiger partial charge in [-0.3, -0.25) is 4.79 Å². The highest BCUT2D eigenvalue weighted by Gasteiger charge is 2.09. The molecule has 0 aliphatic rings. The van der Waals surface area contributed by atoms with Gasteiger partial charge in [0.25, 0.3) is 0 Å². The van der Waals surface area contributed by atoms with Crippen molar-refractivity contribution in [3.8, 4) is 0 Å². The summed E-state index contributed by atoms with van der Waals surface area (Å²) in [5, 5.41) is 5.17. The quantitative estimate of drug-likeness (QED) is 0.819. The van der Waals surface area contributed by atoms with Crippen LogP contribution < -0.4 is 5.32 Å². The van der Waals surface area contributed by atoms with E-state index in [2.05, 4.69) is 24.4 Å². The van der Waals surface area contributed by atoms with Gasteiger partial charge in [-0.05, 0) is 23.9 Å². The molecule has 0 aliphatic carbocycles. The molecule has 2 rings (SSSR count). The van der Waals surface area contributed by atoms with Crippen molar-refractivity contribution in [2.45, 2.75) is 13.0 Å². The molecule has 88 valence electrons. The van der Waals surface area contributed by atoms with Gasteiger partial charge in [-0.15, -0.1) is 11.3 Å². The van der Waals surface area contributed by atoms with Crippen LogP contribution in [0, 0.1) is 0 Å². The van der Waals surface area contributed by atoms with Crippen LogP contribution in [-0.2, 0) is 0 Å². The molecule has 0 unspecified atom stereocenters. The van der Waals surface area contributed by atoms with Crippen molar-refractivity contribution < 1.29 is 4.79 Å². The van der Waals surface area contributed by atoms with E-state index >= 15 is 0 Å². The normalized spacial score (nSPS) is 12.3. The maximum absolute atomic E-state index is 11.8. The molecular formula is C14H15NOS. The minimum Gasteiger partial charge on any atom is -0.303 e. The largest absolute Gasteiger partial charge is 0.303 e. The molecule has 1 aromatic carbocycles. The van der Waals surface area contributed by atoms with Crippen LogP contribution in [0.2, 0.25) is 0 Å². The third kappa shape index (κ3) is 3.25. The Kier molecular flexibility index (Phi) is 4.07. The second-order valence-corrected chi connectivity index (χ2v) is 4.86. The third-order valence-corrected chi connectivity index (χ3v) is 3.58. The zero-order chi connectivity index (χ0) is 12.1. The molecule has 1 aromatic heterocycles. The average molecular weight is 245 g/mol. The van der Waals surface area contributed by atoms with Crippen molar-refractivity contribution in [2.24, 2.45) is 0 Å². The first-order valence-electron chi connectivity index (χ1n) is 5.62. The first kappa shape index (κ1) is 12.0. The van der Waals surface area contributed by atoms with Crippen LogP contribution in [0.4, 0.5) is 0 Å². The smallest absolute Gasteiger partial charge is 0.186 e. The lowest BCUT2D eigenvalue weighted by atomic mass is 10.1. The van der Waals surface area contributed by atoms with Crippen molar-refractivity contribution in [3.63, 3.8) is 0 Å². The summed E-state index contributed by atoms with van der Waals surface area (Å²) in [6.45, 7) is 2.45. The highest BCUT2D eigenvalue weighted by molar-refractivity contribution is 7.12. The average Bonchev–Trinajstić information content (AvgIpc) is 2.90. The maximum Gasteiger partial charge on any atom is 0.186 e. The minimum absolute atomic E-state index is 0.155. The van der Waals surface area contributed by atoms with E-state index < -0.39 is 0 Å². The zero-order valence-corrected chi connectivity index (χ0v) is 10.5. The lowest BCUT2D eigenvalue weighted by Gasteiger charge is -2.13. The molecule has 0 saturated heterocycles. The summed E-state index contributed by atoms with van der Waals surface area (Å²) >= 11 is 1.49. The summed E-state index contributed by atoms with van der Waals surface area (Å²) in [6.07, 6.45) is 0. The van der Waals surface area contributed by atoms with Crippen molar-refractivity contribution in [2.75, 3.05) is 6.54 Å². The molecule has 0 saturated carbocycles. The van der Waals surface area contributed by atoms with Crippen molar-refractivity contribution in [3.05, 3.63) is 58.3 Å². The molecule has 0 spiro atoms. The highest BCUT2D eigenvalue weighted by Crippen LogP contribution is 2.12. The van der Waals surface area contributed by atoms with Gasteiger partial charge in [-0.25, -0.2) is 0 Å². The van der Waals surface area contributed by atoms with E-state index in [1.807, 2.05) is 35.7 Å². The summed E-state index contributed by atoms with van der Waals surface area (Å²) in [7, 11) is 0. The Hall–Kier alpha value is -1.45. The van der Waals surface area contributed by atoms with E-state index in [4.69, 9.17) is 0 Å². The number of Topliss-reactive ketones (excluding diaryl/α,β-unsaturated/α-hetero) is 1. The fourth-order valence-corrected chi connectivity index (χ4v) is 2.29. The van der Waals surface area contributed by atoms with Crippen LogP contribution in [0.1, 0.15) is 28.2 Å². The first-order valence-corrected chi connectivity index (χ1v) is 6.50. The van der Waals surface area contributed by atoms with Crippen LogP contribution in [0.5, 0.6) is 0 Å². The van der Waals surface area contributed by atoms with Crippen LogP contribution in [-0.4, -0.2) is 12.3 Å². The van der Waals surface area contributed by atoms with Crippen molar-refractivity contribution >= 4 is 17.1 Å². The highest BCUT2D eigenvalue weighted by atomic mass is 32.1. The molecule has 0 fully saturated rings. The Morgan fingerprint density at radius 3 is 2.65 bits per heavy atom. The van der Waals surface area contributed by atoms with Crippen molar-refractivity contribution in [1.29, 1.82) is 0 Å². The van der Waals surface area contributed by atoms with Gasteiger partial charge in [0, 0.05) is 6.04 Å². The van der Waals surface area contributed by atoms with Gasteiger partial charge in [0.2, 0.25) is 0 Å². The fraction of sp³-hybridized carbons (Fsp3) is 0.214. The molecule has 2 aromatic rings. The number of nitrogens with one attached hydrogen (secondary N) is 1. The number of rotatable bonds is 5. The Balaban J connectivity index is 1.89. The second kappa shape index (κ2) is 5.75. The van der Waals surface area contributed by atoms with Gasteiger partial charge < -0.3 is 5.32 Å². The van der Waals surface area contributed by atoms with Gasteiger partial charge in [0.1, 0.15) is 0 Å². The van der Waals surface area contributed by atoms with Gasteiger partial charge in [-0.1, -0.05) is 36.4 Å². The predicted octanol–water partition coefficient (Wildman–Crippen LogP) is 3.28. The molecule has 0 bridgehead atoms. The molecule has 0 radical (unpaired) electrons. The van der Waals surface area contributed by atoms with Crippen LogP contribution in [0.25, 0.3) is 0 Å². The van der Waals surface area contributed by atoms with Gasteiger partial charge >= 0.3 is 0 Å². The lowest BCUT2D eigenvalue weighted by molar-refractivity contribution is 0.0992. The monoisotopic (exact) mass is 245 g/mol. The number of hydrogen-bond donors (Lipinski definition) is 1. The fourth-order valence-electron chi connectivity index (χ4n) is 1.63. The van der Waals surface area contributed by atoms with Gasteiger partial charge in [0.15, 0.2) is 5.78 Å². The van der Waals surface area contributed by atoms with E-state index in [9.17, 15) is 4.79 Å². The molecule has 1 heterocycles. The Bertz CT molecular complexity index is 464. The van der Waals surface area contributed by atoms with Crippen LogP contribution in [0.3, 0.4) is 0 Å². The number of carbonyl (C=O) groups excluding carboxylic acids is 1. The van der Waals surface area contributed by atoms with E-state index in [-0.39, 0.29) is 11.8 Å². The third-order valence-electron chi connectivity index (χ3n) is 2.66. The summed E-state index contributed by atoms with van der Waals surface area (Å²) in [5.74, 6) is 0.155. The molecule has 3 heteroatoms. The first-order chi connectivity index (χ1) is 8.27. The standard InChI is InChI=1S/C14H15NOS/c1-11(12-6-3-2-4-7-12)15-10-13(16)14-8-5-9-17-14/h2-9,11,15H,10H2,1H3/t11-/m1/s1. The molecule has 1 atom stereocenters. The molecule has 2 nitrogen and oxygen atoms in total. The Morgan fingerprint density at radius 2 is 2.00 bits per heavy atom. The summed E-state index contributed by atoms with van der Waals surface area (Å²) in [4.78, 5) is 12.6. The van der Waals surface area contributed by atoms with E-state index in [1.54, 1.807) is 0 Å². The zero-order valence-electron chi connectivity index (χ0n) is 9.72. The topological polar surface area (TPSA) is 29.1 Å². The second-order valence-electron chi connectivity index (χ2n) is 3.91. The van der Waals surface area contributed by atoms with Gasteiger partial charge in [0.05, 0.1) is 11.4 Å². The Morgan fingerprint density at radius 1 is 1.24 bits per heavy atom. The predicted molar refractivity (Wildman–Crippen MR) is 71.5 cm³/mol. The minimum atomic E-state index is 0.155. The number of hydrogen-bond acceptors (Lipinski definition) is 3. The number of thiophene rings is 1. The Labute approximate surface area is 105 Å². The summed E-state index contributed by atoms with van der Waals surface area (Å²) in [5.41, 5.74) is 1.20. The van der Waals surface area contributed by atoms with Crippen LogP contribution >= 0.6 is 11.3 Å². The molecular weight excluding hydrogens is 230 g/mol. The summed E-state index contributed by atoms with van der Waals surface area (Å²) in [6, 6.07) is 14.1. The molecule has 0 aliphatic heterocycles. The SMILES string of the molecule is C[C@@H](NCC(=O)c1cccs1)c1ccccc1. The molecule has 0 amide bonds. The van der Waals surface area contributed by atoms with Crippen molar-refractivity contribution in [1.82, 2.24) is 5.32 Å². The number of ketones is 1. The van der Waals surface area contributed by atoms with Gasteiger partial charge in [-0.2, -0.15) is 0 Å².